The number of carbonyl (C=O) groups excluding carboxylic acids is 2. The Labute approximate surface area is 171 Å². The van der Waals surface area contributed by atoms with Gasteiger partial charge in [-0.25, -0.2) is 9.78 Å². The van der Waals surface area contributed by atoms with Crippen LogP contribution in [0.15, 0.2) is 12.1 Å². The van der Waals surface area contributed by atoms with Crippen LogP contribution in [0.3, 0.4) is 0 Å². The number of urea groups is 1. The van der Waals surface area contributed by atoms with Crippen LogP contribution in [-0.2, 0) is 0 Å². The molecule has 0 atom stereocenters. The van der Waals surface area contributed by atoms with Crippen LogP contribution in [0.1, 0.15) is 58.7 Å². The van der Waals surface area contributed by atoms with Crippen LogP contribution >= 0.6 is 11.3 Å². The first-order valence-corrected chi connectivity index (χ1v) is 10.5. The van der Waals surface area contributed by atoms with E-state index in [0.717, 1.165) is 35.2 Å². The number of anilines is 2. The average molecular weight is 403 g/mol. The van der Waals surface area contributed by atoms with Gasteiger partial charge in [-0.1, -0.05) is 42.9 Å². The molecule has 0 radical (unpaired) electrons. The molecule has 0 fully saturated rings. The molecule has 0 aliphatic rings. The van der Waals surface area contributed by atoms with Gasteiger partial charge in [0.1, 0.15) is 4.88 Å². The minimum Gasteiger partial charge on any atom is -0.325 e. The average Bonchev–Trinajstić information content (AvgIpc) is 2.98. The predicted octanol–water partition coefficient (Wildman–Crippen LogP) is 5.28. The second kappa shape index (κ2) is 9.68. The SMILES string of the molecule is CCCN(CCC)C(=O)Nc1nc(C)c(C(=O)Nc2c(C)cc(C)cc2C)s1. The largest absolute Gasteiger partial charge is 0.325 e. The highest BCUT2D eigenvalue weighted by atomic mass is 32.1. The Morgan fingerprint density at radius 1 is 1.00 bits per heavy atom. The summed E-state index contributed by atoms with van der Waals surface area (Å²) in [5.41, 5.74) is 4.65. The predicted molar refractivity (Wildman–Crippen MR) is 117 cm³/mol. The quantitative estimate of drug-likeness (QED) is 0.661. The maximum atomic E-state index is 12.8. The lowest BCUT2D eigenvalue weighted by Crippen LogP contribution is -2.36. The molecule has 0 aliphatic carbocycles. The summed E-state index contributed by atoms with van der Waals surface area (Å²) in [7, 11) is 0. The van der Waals surface area contributed by atoms with Crippen molar-refractivity contribution in [3.63, 3.8) is 0 Å². The molecule has 0 aliphatic heterocycles. The third-order valence-corrected chi connectivity index (χ3v) is 5.48. The van der Waals surface area contributed by atoms with Gasteiger partial charge < -0.3 is 10.2 Å². The van der Waals surface area contributed by atoms with Crippen molar-refractivity contribution in [1.29, 1.82) is 0 Å². The highest BCUT2D eigenvalue weighted by Crippen LogP contribution is 2.27. The zero-order chi connectivity index (χ0) is 20.8. The normalized spacial score (nSPS) is 10.6. The van der Waals surface area contributed by atoms with Crippen molar-refractivity contribution >= 4 is 34.1 Å². The molecule has 0 saturated heterocycles. The molecule has 6 nitrogen and oxygen atoms in total. The molecule has 0 saturated carbocycles. The van der Waals surface area contributed by atoms with Crippen molar-refractivity contribution in [1.82, 2.24) is 9.88 Å². The molecule has 3 amide bonds. The minimum absolute atomic E-state index is 0.172. The Morgan fingerprint density at radius 3 is 2.11 bits per heavy atom. The second-order valence-electron chi connectivity index (χ2n) is 7.08. The number of thiazole rings is 1. The topological polar surface area (TPSA) is 74.3 Å². The Kier molecular flexibility index (Phi) is 7.57. The van der Waals surface area contributed by atoms with Crippen LogP contribution in [0.4, 0.5) is 15.6 Å². The van der Waals surface area contributed by atoms with Gasteiger partial charge in [-0.3, -0.25) is 10.1 Å². The van der Waals surface area contributed by atoms with E-state index < -0.39 is 0 Å². The number of hydrogen-bond donors (Lipinski definition) is 2. The minimum atomic E-state index is -0.204. The molecule has 2 rings (SSSR count). The fraction of sp³-hybridized carbons (Fsp3) is 0.476. The fourth-order valence-corrected chi connectivity index (χ4v) is 4.08. The summed E-state index contributed by atoms with van der Waals surface area (Å²) in [5, 5.41) is 6.28. The first-order chi connectivity index (χ1) is 13.3. The van der Waals surface area contributed by atoms with Gasteiger partial charge in [-0.15, -0.1) is 0 Å². The number of nitrogens with zero attached hydrogens (tertiary/aromatic N) is 2. The molecular formula is C21H30N4O2S. The summed E-state index contributed by atoms with van der Waals surface area (Å²) in [6.07, 6.45) is 1.79. The van der Waals surface area contributed by atoms with E-state index in [0.29, 0.717) is 28.8 Å². The first kappa shape index (κ1) is 21.9. The van der Waals surface area contributed by atoms with E-state index in [4.69, 9.17) is 0 Å². The van der Waals surface area contributed by atoms with Crippen LogP contribution < -0.4 is 10.6 Å². The van der Waals surface area contributed by atoms with Crippen molar-refractivity contribution < 1.29 is 9.59 Å². The van der Waals surface area contributed by atoms with Crippen molar-refractivity contribution in [3.05, 3.63) is 39.4 Å². The van der Waals surface area contributed by atoms with Crippen molar-refractivity contribution in [2.24, 2.45) is 0 Å². The Hall–Kier alpha value is -2.41. The standard InChI is InChI=1S/C21H30N4O2S/c1-7-9-25(10-8-2)21(27)24-20-22-16(6)18(28-20)19(26)23-17-14(4)11-13(3)12-15(17)5/h11-12H,7-10H2,1-6H3,(H,23,26)(H,22,24,27). The molecule has 7 heteroatoms. The second-order valence-corrected chi connectivity index (χ2v) is 8.08. The smallest absolute Gasteiger partial charge is 0.323 e. The van der Waals surface area contributed by atoms with Gasteiger partial charge in [-0.05, 0) is 51.7 Å². The van der Waals surface area contributed by atoms with Gasteiger partial charge in [0, 0.05) is 18.8 Å². The molecule has 152 valence electrons. The third-order valence-electron chi connectivity index (χ3n) is 4.41. The molecule has 0 bridgehead atoms. The van der Waals surface area contributed by atoms with Crippen LogP contribution in [-0.4, -0.2) is 34.9 Å². The number of benzene rings is 1. The molecule has 2 aromatic rings. The molecule has 2 N–H and O–H groups in total. The summed E-state index contributed by atoms with van der Waals surface area (Å²) in [6, 6.07) is 3.92. The molecule has 1 aromatic carbocycles. The summed E-state index contributed by atoms with van der Waals surface area (Å²) < 4.78 is 0. The van der Waals surface area contributed by atoms with Crippen molar-refractivity contribution in [2.75, 3.05) is 23.7 Å². The zero-order valence-corrected chi connectivity index (χ0v) is 18.4. The van der Waals surface area contributed by atoms with E-state index in [-0.39, 0.29) is 11.9 Å². The van der Waals surface area contributed by atoms with E-state index >= 15 is 0 Å². The summed E-state index contributed by atoms with van der Waals surface area (Å²) >= 11 is 1.20. The lowest BCUT2D eigenvalue weighted by Gasteiger charge is -2.20. The monoisotopic (exact) mass is 402 g/mol. The van der Waals surface area contributed by atoms with E-state index in [1.54, 1.807) is 11.8 Å². The Morgan fingerprint density at radius 2 is 1.57 bits per heavy atom. The van der Waals surface area contributed by atoms with Gasteiger partial charge in [0.2, 0.25) is 0 Å². The third kappa shape index (κ3) is 5.32. The number of aromatic nitrogens is 1. The maximum Gasteiger partial charge on any atom is 0.323 e. The summed E-state index contributed by atoms with van der Waals surface area (Å²) in [4.78, 5) is 31.9. The lowest BCUT2D eigenvalue weighted by molar-refractivity contribution is 0.102. The van der Waals surface area contributed by atoms with Gasteiger partial charge in [0.05, 0.1) is 5.69 Å². The van der Waals surface area contributed by atoms with Gasteiger partial charge >= 0.3 is 6.03 Å². The van der Waals surface area contributed by atoms with Crippen molar-refractivity contribution in [3.8, 4) is 0 Å². The fourth-order valence-electron chi connectivity index (χ4n) is 3.23. The van der Waals surface area contributed by atoms with Crippen LogP contribution in [0, 0.1) is 27.7 Å². The highest BCUT2D eigenvalue weighted by Gasteiger charge is 2.20. The summed E-state index contributed by atoms with van der Waals surface area (Å²) in [6.45, 7) is 13.3. The van der Waals surface area contributed by atoms with E-state index in [1.807, 2.05) is 46.8 Å². The number of rotatable bonds is 7. The van der Waals surface area contributed by atoms with Crippen molar-refractivity contribution in [2.45, 2.75) is 54.4 Å². The molecule has 1 aromatic heterocycles. The van der Waals surface area contributed by atoms with Crippen LogP contribution in [0.25, 0.3) is 0 Å². The Balaban J connectivity index is 2.15. The molecule has 0 spiro atoms. The molecule has 0 unspecified atom stereocenters. The van der Waals surface area contributed by atoms with E-state index in [1.165, 1.54) is 11.3 Å². The number of nitrogens with one attached hydrogen (secondary N) is 2. The zero-order valence-electron chi connectivity index (χ0n) is 17.6. The number of aryl methyl sites for hydroxylation is 4. The number of carbonyl (C=O) groups is 2. The number of hydrogen-bond acceptors (Lipinski definition) is 4. The maximum absolute atomic E-state index is 12.8. The first-order valence-electron chi connectivity index (χ1n) is 9.69. The van der Waals surface area contributed by atoms with Crippen LogP contribution in [0.5, 0.6) is 0 Å². The van der Waals surface area contributed by atoms with Gasteiger partial charge in [-0.2, -0.15) is 0 Å². The number of amides is 3. The van der Waals surface area contributed by atoms with E-state index in [2.05, 4.69) is 15.6 Å². The molecule has 1 heterocycles. The summed E-state index contributed by atoms with van der Waals surface area (Å²) in [5.74, 6) is -0.204. The van der Waals surface area contributed by atoms with E-state index in [9.17, 15) is 9.59 Å². The van der Waals surface area contributed by atoms with Gasteiger partial charge in [0.15, 0.2) is 5.13 Å². The van der Waals surface area contributed by atoms with Crippen LogP contribution in [0.2, 0.25) is 0 Å². The lowest BCUT2D eigenvalue weighted by atomic mass is 10.1. The highest BCUT2D eigenvalue weighted by molar-refractivity contribution is 7.17. The molecule has 28 heavy (non-hydrogen) atoms. The van der Waals surface area contributed by atoms with Gasteiger partial charge in [0.25, 0.3) is 5.91 Å². The molecular weight excluding hydrogens is 372 g/mol. The Bertz CT molecular complexity index is 831.